The number of thioether (sulfide) groups is 1. The van der Waals surface area contributed by atoms with Crippen LogP contribution < -0.4 is 5.32 Å². The fraction of sp³-hybridized carbons (Fsp3) is 0.562. The third-order valence-electron chi connectivity index (χ3n) is 4.42. The third-order valence-corrected chi connectivity index (χ3v) is 5.06. The first-order valence-electron chi connectivity index (χ1n) is 7.32. The summed E-state index contributed by atoms with van der Waals surface area (Å²) < 4.78 is 0. The van der Waals surface area contributed by atoms with Gasteiger partial charge in [0.15, 0.2) is 0 Å². The molecule has 1 saturated carbocycles. The topological polar surface area (TPSA) is 32.3 Å². The third kappa shape index (κ3) is 2.35. The summed E-state index contributed by atoms with van der Waals surface area (Å²) in [5.41, 5.74) is 0.953. The van der Waals surface area contributed by atoms with Crippen LogP contribution in [-0.4, -0.2) is 34.4 Å². The summed E-state index contributed by atoms with van der Waals surface area (Å²) in [5, 5.41) is 3.58. The molecule has 1 N–H and O–H groups in total. The van der Waals surface area contributed by atoms with Gasteiger partial charge in [-0.2, -0.15) is 11.8 Å². The lowest BCUT2D eigenvalue weighted by atomic mass is 10.1. The standard InChI is InChI=1S/C16H22N2OS/c1-12(8-11-20-2)18-14(13-6-4-3-5-7-13)17-16(9-10-16)15(18)19/h3-7,12,14,17H,8-11H2,1-2H3. The van der Waals surface area contributed by atoms with Gasteiger partial charge in [-0.25, -0.2) is 0 Å². The van der Waals surface area contributed by atoms with Gasteiger partial charge < -0.3 is 4.90 Å². The van der Waals surface area contributed by atoms with E-state index < -0.39 is 0 Å². The average molecular weight is 290 g/mol. The monoisotopic (exact) mass is 290 g/mol. The molecule has 1 aromatic rings. The number of nitrogens with one attached hydrogen (secondary N) is 1. The number of hydrogen-bond donors (Lipinski definition) is 1. The fourth-order valence-electron chi connectivity index (χ4n) is 3.00. The highest BCUT2D eigenvalue weighted by atomic mass is 32.2. The summed E-state index contributed by atoms with van der Waals surface area (Å²) in [4.78, 5) is 14.8. The molecule has 1 spiro atoms. The molecule has 1 amide bonds. The van der Waals surface area contributed by atoms with Crippen LogP contribution in [0.25, 0.3) is 0 Å². The van der Waals surface area contributed by atoms with Crippen LogP contribution in [0.3, 0.4) is 0 Å². The highest BCUT2D eigenvalue weighted by Crippen LogP contribution is 2.46. The van der Waals surface area contributed by atoms with Gasteiger partial charge in [-0.05, 0) is 43.8 Å². The molecule has 2 unspecified atom stereocenters. The summed E-state index contributed by atoms with van der Waals surface area (Å²) in [6, 6.07) is 10.6. The van der Waals surface area contributed by atoms with E-state index in [0.29, 0.717) is 5.91 Å². The van der Waals surface area contributed by atoms with Gasteiger partial charge in [-0.1, -0.05) is 30.3 Å². The number of benzene rings is 1. The molecule has 108 valence electrons. The van der Waals surface area contributed by atoms with Crippen molar-refractivity contribution in [3.05, 3.63) is 35.9 Å². The highest BCUT2D eigenvalue weighted by Gasteiger charge is 2.60. The van der Waals surface area contributed by atoms with E-state index >= 15 is 0 Å². The van der Waals surface area contributed by atoms with E-state index in [1.165, 1.54) is 5.56 Å². The molecule has 3 rings (SSSR count). The zero-order valence-corrected chi connectivity index (χ0v) is 13.0. The number of carbonyl (C=O) groups is 1. The summed E-state index contributed by atoms with van der Waals surface area (Å²) in [7, 11) is 0. The Morgan fingerprint density at radius 1 is 1.40 bits per heavy atom. The van der Waals surface area contributed by atoms with Crippen LogP contribution in [0.1, 0.15) is 37.9 Å². The molecule has 4 heteroatoms. The molecule has 1 heterocycles. The molecule has 3 nitrogen and oxygen atoms in total. The van der Waals surface area contributed by atoms with E-state index in [4.69, 9.17) is 0 Å². The Bertz CT molecular complexity index is 487. The first-order chi connectivity index (χ1) is 9.68. The maximum Gasteiger partial charge on any atom is 0.244 e. The Labute approximate surface area is 125 Å². The minimum absolute atomic E-state index is 0.0445. The number of hydrogen-bond acceptors (Lipinski definition) is 3. The number of amides is 1. The molecule has 0 bridgehead atoms. The SMILES string of the molecule is CSCCC(C)N1C(=O)C2(CC2)NC1c1ccccc1. The Morgan fingerprint density at radius 2 is 2.10 bits per heavy atom. The van der Waals surface area contributed by atoms with E-state index in [2.05, 4.69) is 35.5 Å². The van der Waals surface area contributed by atoms with Gasteiger partial charge >= 0.3 is 0 Å². The van der Waals surface area contributed by atoms with Crippen molar-refractivity contribution in [1.29, 1.82) is 0 Å². The predicted octanol–water partition coefficient (Wildman–Crippen LogP) is 2.79. The Kier molecular flexibility index (Phi) is 3.78. The zero-order chi connectivity index (χ0) is 14.2. The molecular weight excluding hydrogens is 268 g/mol. The maximum absolute atomic E-state index is 12.7. The minimum Gasteiger partial charge on any atom is -0.319 e. The molecule has 2 fully saturated rings. The van der Waals surface area contributed by atoms with Crippen LogP contribution in [0.15, 0.2) is 30.3 Å². The second kappa shape index (κ2) is 5.41. The van der Waals surface area contributed by atoms with E-state index in [1.54, 1.807) is 0 Å². The van der Waals surface area contributed by atoms with Crippen molar-refractivity contribution in [2.75, 3.05) is 12.0 Å². The van der Waals surface area contributed by atoms with Crippen LogP contribution in [0.4, 0.5) is 0 Å². The predicted molar refractivity (Wildman–Crippen MR) is 83.6 cm³/mol. The lowest BCUT2D eigenvalue weighted by Gasteiger charge is -2.30. The number of carbonyl (C=O) groups excluding carboxylic acids is 1. The van der Waals surface area contributed by atoms with Crippen molar-refractivity contribution in [3.63, 3.8) is 0 Å². The smallest absolute Gasteiger partial charge is 0.244 e. The van der Waals surface area contributed by atoms with Gasteiger partial charge in [-0.15, -0.1) is 0 Å². The minimum atomic E-state index is -0.242. The summed E-state index contributed by atoms with van der Waals surface area (Å²) in [5.74, 6) is 1.40. The van der Waals surface area contributed by atoms with Crippen molar-refractivity contribution in [1.82, 2.24) is 10.2 Å². The molecule has 1 saturated heterocycles. The highest BCUT2D eigenvalue weighted by molar-refractivity contribution is 7.98. The fourth-order valence-corrected chi connectivity index (χ4v) is 3.58. The van der Waals surface area contributed by atoms with Crippen molar-refractivity contribution in [2.45, 2.75) is 43.9 Å². The first-order valence-corrected chi connectivity index (χ1v) is 8.72. The van der Waals surface area contributed by atoms with Gasteiger partial charge in [0.1, 0.15) is 11.7 Å². The number of rotatable bonds is 5. The summed E-state index contributed by atoms with van der Waals surface area (Å²) in [6.45, 7) is 2.17. The second-order valence-corrected chi connectivity index (χ2v) is 6.87. The lowest BCUT2D eigenvalue weighted by Crippen LogP contribution is -2.39. The quantitative estimate of drug-likeness (QED) is 0.905. The molecule has 0 aromatic heterocycles. The summed E-state index contributed by atoms with van der Waals surface area (Å²) >= 11 is 1.84. The number of nitrogens with zero attached hydrogens (tertiary/aromatic N) is 1. The molecule has 20 heavy (non-hydrogen) atoms. The van der Waals surface area contributed by atoms with Crippen LogP contribution >= 0.6 is 11.8 Å². The van der Waals surface area contributed by atoms with Gasteiger partial charge in [0, 0.05) is 6.04 Å². The normalized spacial score (nSPS) is 25.2. The Morgan fingerprint density at radius 3 is 2.70 bits per heavy atom. The summed E-state index contributed by atoms with van der Waals surface area (Å²) in [6.07, 6.45) is 5.19. The van der Waals surface area contributed by atoms with E-state index in [9.17, 15) is 4.79 Å². The van der Waals surface area contributed by atoms with Crippen molar-refractivity contribution >= 4 is 17.7 Å². The largest absolute Gasteiger partial charge is 0.319 e. The first kappa shape index (κ1) is 14.0. The van der Waals surface area contributed by atoms with Crippen LogP contribution in [0.5, 0.6) is 0 Å². The second-order valence-electron chi connectivity index (χ2n) is 5.88. The molecule has 1 aromatic carbocycles. The molecule has 2 atom stereocenters. The average Bonchev–Trinajstić information content (AvgIpc) is 3.19. The van der Waals surface area contributed by atoms with Crippen LogP contribution in [-0.2, 0) is 4.79 Å². The molecule has 2 aliphatic rings. The molecule has 1 aliphatic heterocycles. The van der Waals surface area contributed by atoms with Gasteiger partial charge in [0.05, 0.1) is 0 Å². The zero-order valence-electron chi connectivity index (χ0n) is 12.1. The van der Waals surface area contributed by atoms with Gasteiger partial charge in [0.2, 0.25) is 5.91 Å². The maximum atomic E-state index is 12.7. The lowest BCUT2D eigenvalue weighted by molar-refractivity contribution is -0.132. The molecular formula is C16H22N2OS. The Hall–Kier alpha value is -1.00. The van der Waals surface area contributed by atoms with E-state index in [0.717, 1.165) is 25.0 Å². The van der Waals surface area contributed by atoms with Crippen molar-refractivity contribution in [2.24, 2.45) is 0 Å². The van der Waals surface area contributed by atoms with Crippen LogP contribution in [0, 0.1) is 0 Å². The Balaban J connectivity index is 1.85. The van der Waals surface area contributed by atoms with E-state index in [1.807, 2.05) is 30.0 Å². The van der Waals surface area contributed by atoms with Gasteiger partial charge in [0.25, 0.3) is 0 Å². The molecule has 0 radical (unpaired) electrons. The van der Waals surface area contributed by atoms with Crippen molar-refractivity contribution in [3.8, 4) is 0 Å². The van der Waals surface area contributed by atoms with Gasteiger partial charge in [-0.3, -0.25) is 10.1 Å². The molecule has 1 aliphatic carbocycles. The van der Waals surface area contributed by atoms with Crippen molar-refractivity contribution < 1.29 is 4.79 Å². The van der Waals surface area contributed by atoms with Crippen LogP contribution in [0.2, 0.25) is 0 Å². The van der Waals surface area contributed by atoms with E-state index in [-0.39, 0.29) is 17.7 Å².